The molecule has 3 rings (SSSR count). The maximum atomic E-state index is 13.9. The number of aromatic nitrogens is 3. The van der Waals surface area contributed by atoms with Crippen LogP contribution in [0.2, 0.25) is 0 Å². The summed E-state index contributed by atoms with van der Waals surface area (Å²) < 4.78 is 15.6. The second-order valence-corrected chi connectivity index (χ2v) is 6.02. The normalized spacial score (nSPS) is 17.0. The minimum absolute atomic E-state index is 0.0126. The van der Waals surface area contributed by atoms with Gasteiger partial charge in [0.25, 0.3) is 0 Å². The molecule has 2 aromatic rings. The molecular weight excluding hydrogens is 309 g/mol. The summed E-state index contributed by atoms with van der Waals surface area (Å²) in [5.41, 5.74) is 0.712. The van der Waals surface area contributed by atoms with Gasteiger partial charge in [0.1, 0.15) is 18.5 Å². The molecule has 1 amide bonds. The highest BCUT2D eigenvalue weighted by Crippen LogP contribution is 2.24. The Labute approximate surface area is 140 Å². The van der Waals surface area contributed by atoms with Gasteiger partial charge in [0.05, 0.1) is 6.54 Å². The van der Waals surface area contributed by atoms with Crippen molar-refractivity contribution in [3.05, 3.63) is 48.3 Å². The van der Waals surface area contributed by atoms with Gasteiger partial charge in [-0.3, -0.25) is 14.4 Å². The summed E-state index contributed by atoms with van der Waals surface area (Å²) in [7, 11) is 0. The molecule has 0 radical (unpaired) electrons. The van der Waals surface area contributed by atoms with Crippen molar-refractivity contribution in [3.8, 4) is 0 Å². The molecule has 1 fully saturated rings. The van der Waals surface area contributed by atoms with E-state index in [1.165, 1.54) is 12.4 Å². The van der Waals surface area contributed by atoms with Gasteiger partial charge in [-0.25, -0.2) is 9.37 Å². The third-order valence-electron chi connectivity index (χ3n) is 4.59. The maximum Gasteiger partial charge on any atom is 0.224 e. The first-order chi connectivity index (χ1) is 11.6. The van der Waals surface area contributed by atoms with E-state index in [0.717, 1.165) is 13.1 Å². The molecule has 1 saturated heterocycles. The molecule has 1 unspecified atom stereocenters. The van der Waals surface area contributed by atoms with Crippen LogP contribution in [0.3, 0.4) is 0 Å². The fourth-order valence-electron chi connectivity index (χ4n) is 3.09. The first kappa shape index (κ1) is 16.6. The molecule has 1 atom stereocenters. The number of aryl methyl sites for hydroxylation is 1. The molecule has 0 saturated carbocycles. The number of hydrogen-bond donors (Lipinski definition) is 0. The molecule has 24 heavy (non-hydrogen) atoms. The van der Waals surface area contributed by atoms with E-state index in [2.05, 4.69) is 15.0 Å². The number of hydrogen-bond acceptors (Lipinski definition) is 4. The number of carbonyl (C=O) groups excluding carboxylic acids is 1. The monoisotopic (exact) mass is 331 g/mol. The van der Waals surface area contributed by atoms with Gasteiger partial charge in [-0.2, -0.15) is 5.10 Å². The SMILES string of the molecule is CC(c1ccccc1F)N1CCN(C(=O)CCn2cncn2)CC1. The van der Waals surface area contributed by atoms with Crippen molar-refractivity contribution in [2.45, 2.75) is 25.9 Å². The molecule has 1 aromatic carbocycles. The van der Waals surface area contributed by atoms with Gasteiger partial charge >= 0.3 is 0 Å². The second kappa shape index (κ2) is 7.53. The fourth-order valence-corrected chi connectivity index (χ4v) is 3.09. The molecule has 0 aliphatic carbocycles. The molecule has 0 bridgehead atoms. The molecule has 6 nitrogen and oxygen atoms in total. The first-order valence-electron chi connectivity index (χ1n) is 8.24. The van der Waals surface area contributed by atoms with Crippen LogP contribution in [0.1, 0.15) is 24.9 Å². The van der Waals surface area contributed by atoms with Crippen LogP contribution in [0.15, 0.2) is 36.9 Å². The fraction of sp³-hybridized carbons (Fsp3) is 0.471. The van der Waals surface area contributed by atoms with Gasteiger partial charge in [-0.1, -0.05) is 18.2 Å². The number of halogens is 1. The third-order valence-corrected chi connectivity index (χ3v) is 4.59. The summed E-state index contributed by atoms with van der Waals surface area (Å²) in [4.78, 5) is 20.2. The van der Waals surface area contributed by atoms with Crippen molar-refractivity contribution in [2.75, 3.05) is 26.2 Å². The van der Waals surface area contributed by atoms with Crippen molar-refractivity contribution in [1.82, 2.24) is 24.6 Å². The van der Waals surface area contributed by atoms with Crippen molar-refractivity contribution >= 4 is 5.91 Å². The van der Waals surface area contributed by atoms with Gasteiger partial charge < -0.3 is 4.90 Å². The largest absolute Gasteiger partial charge is 0.340 e. The zero-order chi connectivity index (χ0) is 16.9. The smallest absolute Gasteiger partial charge is 0.224 e. The summed E-state index contributed by atoms with van der Waals surface area (Å²) in [5, 5.41) is 4.00. The molecule has 1 aliphatic rings. The number of nitrogens with zero attached hydrogens (tertiary/aromatic N) is 5. The Kier molecular flexibility index (Phi) is 5.20. The van der Waals surface area contributed by atoms with Gasteiger partial charge in [-0.05, 0) is 13.0 Å². The van der Waals surface area contributed by atoms with E-state index in [1.807, 2.05) is 24.0 Å². The Hall–Kier alpha value is -2.28. The minimum atomic E-state index is -0.170. The Balaban J connectivity index is 1.50. The number of rotatable bonds is 5. The molecule has 128 valence electrons. The van der Waals surface area contributed by atoms with Crippen molar-refractivity contribution in [3.63, 3.8) is 0 Å². The average Bonchev–Trinajstić information content (AvgIpc) is 3.13. The summed E-state index contributed by atoms with van der Waals surface area (Å²) in [6.45, 7) is 5.42. The molecular formula is C17H22FN5O. The van der Waals surface area contributed by atoms with E-state index in [0.29, 0.717) is 31.6 Å². The quantitative estimate of drug-likeness (QED) is 0.837. The maximum absolute atomic E-state index is 13.9. The van der Waals surface area contributed by atoms with E-state index in [4.69, 9.17) is 0 Å². The van der Waals surface area contributed by atoms with Crippen LogP contribution in [0.4, 0.5) is 4.39 Å². The predicted molar refractivity (Wildman–Crippen MR) is 87.6 cm³/mol. The summed E-state index contributed by atoms with van der Waals surface area (Å²) in [6.07, 6.45) is 3.50. The number of benzene rings is 1. The van der Waals surface area contributed by atoms with Crippen LogP contribution in [0.25, 0.3) is 0 Å². The molecule has 0 spiro atoms. The molecule has 2 heterocycles. The van der Waals surface area contributed by atoms with E-state index in [1.54, 1.807) is 17.1 Å². The van der Waals surface area contributed by atoms with Crippen LogP contribution in [0, 0.1) is 5.82 Å². The lowest BCUT2D eigenvalue weighted by atomic mass is 10.1. The van der Waals surface area contributed by atoms with Gasteiger partial charge in [0, 0.05) is 44.2 Å². The van der Waals surface area contributed by atoms with E-state index in [-0.39, 0.29) is 17.8 Å². The zero-order valence-corrected chi connectivity index (χ0v) is 13.8. The van der Waals surface area contributed by atoms with E-state index < -0.39 is 0 Å². The van der Waals surface area contributed by atoms with Gasteiger partial charge in [0.2, 0.25) is 5.91 Å². The predicted octanol–water partition coefficient (Wildman–Crippen LogP) is 1.71. The standard InChI is InChI=1S/C17H22FN5O/c1-14(15-4-2-3-5-16(15)18)21-8-10-22(11-9-21)17(24)6-7-23-13-19-12-20-23/h2-5,12-14H,6-11H2,1H3. The van der Waals surface area contributed by atoms with Crippen molar-refractivity contribution in [1.29, 1.82) is 0 Å². The highest BCUT2D eigenvalue weighted by molar-refractivity contribution is 5.76. The Morgan fingerprint density at radius 3 is 2.67 bits per heavy atom. The highest BCUT2D eigenvalue weighted by Gasteiger charge is 2.25. The molecule has 1 aliphatic heterocycles. The third kappa shape index (κ3) is 3.79. The lowest BCUT2D eigenvalue weighted by Gasteiger charge is -2.38. The van der Waals surface area contributed by atoms with Crippen LogP contribution >= 0.6 is 0 Å². The summed E-state index contributed by atoms with van der Waals surface area (Å²) in [5.74, 6) is -0.0416. The molecule has 0 N–H and O–H groups in total. The van der Waals surface area contributed by atoms with Crippen molar-refractivity contribution in [2.24, 2.45) is 0 Å². The molecule has 1 aromatic heterocycles. The highest BCUT2D eigenvalue weighted by atomic mass is 19.1. The first-order valence-corrected chi connectivity index (χ1v) is 8.24. The van der Waals surface area contributed by atoms with Crippen molar-refractivity contribution < 1.29 is 9.18 Å². The van der Waals surface area contributed by atoms with Gasteiger partial charge in [0.15, 0.2) is 0 Å². The number of amides is 1. The number of piperazine rings is 1. The summed E-state index contributed by atoms with van der Waals surface area (Å²) >= 11 is 0. The molecule has 7 heteroatoms. The van der Waals surface area contributed by atoms with Crippen LogP contribution in [-0.4, -0.2) is 56.7 Å². The van der Waals surface area contributed by atoms with Crippen LogP contribution in [0.5, 0.6) is 0 Å². The Morgan fingerprint density at radius 2 is 2.00 bits per heavy atom. The topological polar surface area (TPSA) is 54.3 Å². The van der Waals surface area contributed by atoms with E-state index in [9.17, 15) is 9.18 Å². The zero-order valence-electron chi connectivity index (χ0n) is 13.8. The average molecular weight is 331 g/mol. The van der Waals surface area contributed by atoms with Crippen LogP contribution in [-0.2, 0) is 11.3 Å². The van der Waals surface area contributed by atoms with E-state index >= 15 is 0 Å². The Bertz CT molecular complexity index is 667. The summed E-state index contributed by atoms with van der Waals surface area (Å²) in [6, 6.07) is 6.90. The Morgan fingerprint density at radius 1 is 1.25 bits per heavy atom. The lowest BCUT2D eigenvalue weighted by molar-refractivity contribution is -0.133. The lowest BCUT2D eigenvalue weighted by Crippen LogP contribution is -2.49. The van der Waals surface area contributed by atoms with Crippen LogP contribution < -0.4 is 0 Å². The van der Waals surface area contributed by atoms with Gasteiger partial charge in [-0.15, -0.1) is 0 Å². The minimum Gasteiger partial charge on any atom is -0.340 e. The number of carbonyl (C=O) groups is 1. The second-order valence-electron chi connectivity index (χ2n) is 6.02.